The Morgan fingerprint density at radius 1 is 1.46 bits per heavy atom. The van der Waals surface area contributed by atoms with E-state index in [9.17, 15) is 12.8 Å². The number of hydrogen-bond donors (Lipinski definition) is 2. The van der Waals surface area contributed by atoms with Crippen molar-refractivity contribution in [3.05, 3.63) is 24.0 Å². The Balaban J connectivity index is 3.33. The van der Waals surface area contributed by atoms with Crippen LogP contribution in [0.1, 0.15) is 0 Å². The third kappa shape index (κ3) is 1.96. The van der Waals surface area contributed by atoms with E-state index in [4.69, 9.17) is 5.73 Å². The lowest BCUT2D eigenvalue weighted by Crippen LogP contribution is -2.19. The highest BCUT2D eigenvalue weighted by molar-refractivity contribution is 7.89. The predicted octanol–water partition coefficient (Wildman–Crippen LogP) is 0.316. The van der Waals surface area contributed by atoms with Crippen molar-refractivity contribution in [3.8, 4) is 0 Å². The standard InChI is InChI=1S/C7H9FN2O2S/c1-10-13(11,12)7-3-2-5(9)4-6(7)8/h2-4,10H,9H2,1H3. The van der Waals surface area contributed by atoms with Gasteiger partial charge in [-0.3, -0.25) is 0 Å². The highest BCUT2D eigenvalue weighted by Gasteiger charge is 2.16. The summed E-state index contributed by atoms with van der Waals surface area (Å²) in [5.74, 6) is -0.852. The zero-order valence-electron chi connectivity index (χ0n) is 6.91. The number of rotatable bonds is 2. The molecule has 0 aliphatic heterocycles. The predicted molar refractivity (Wildman–Crippen MR) is 47.1 cm³/mol. The molecule has 0 amide bonds. The van der Waals surface area contributed by atoms with E-state index in [0.29, 0.717) is 0 Å². The summed E-state index contributed by atoms with van der Waals surface area (Å²) in [5, 5.41) is 0. The Morgan fingerprint density at radius 2 is 2.08 bits per heavy atom. The lowest BCUT2D eigenvalue weighted by atomic mass is 10.3. The summed E-state index contributed by atoms with van der Waals surface area (Å²) < 4.78 is 37.3. The average molecular weight is 204 g/mol. The highest BCUT2D eigenvalue weighted by Crippen LogP contribution is 2.16. The SMILES string of the molecule is CNS(=O)(=O)c1ccc(N)cc1F. The summed E-state index contributed by atoms with van der Waals surface area (Å²) in [7, 11) is -2.51. The van der Waals surface area contributed by atoms with Crippen LogP contribution in [-0.2, 0) is 10.0 Å². The number of nitrogen functional groups attached to an aromatic ring is 1. The van der Waals surface area contributed by atoms with Gasteiger partial charge in [0.15, 0.2) is 0 Å². The van der Waals surface area contributed by atoms with Gasteiger partial charge in [-0.15, -0.1) is 0 Å². The molecule has 72 valence electrons. The van der Waals surface area contributed by atoms with Crippen LogP contribution in [0.2, 0.25) is 0 Å². The van der Waals surface area contributed by atoms with Gasteiger partial charge in [0, 0.05) is 5.69 Å². The smallest absolute Gasteiger partial charge is 0.243 e. The van der Waals surface area contributed by atoms with Gasteiger partial charge in [-0.1, -0.05) is 0 Å². The molecule has 4 nitrogen and oxygen atoms in total. The second-order valence-corrected chi connectivity index (χ2v) is 4.25. The Bertz CT molecular complexity index is 417. The monoisotopic (exact) mass is 204 g/mol. The van der Waals surface area contributed by atoms with Gasteiger partial charge in [-0.2, -0.15) is 0 Å². The van der Waals surface area contributed by atoms with Crippen molar-refractivity contribution in [3.63, 3.8) is 0 Å². The van der Waals surface area contributed by atoms with Crippen molar-refractivity contribution in [2.24, 2.45) is 0 Å². The number of anilines is 1. The highest BCUT2D eigenvalue weighted by atomic mass is 32.2. The molecule has 0 atom stereocenters. The normalized spacial score (nSPS) is 11.5. The maximum absolute atomic E-state index is 13.0. The van der Waals surface area contributed by atoms with Crippen LogP contribution in [0.4, 0.5) is 10.1 Å². The molecule has 0 saturated heterocycles. The second kappa shape index (κ2) is 3.31. The summed E-state index contributed by atoms with van der Waals surface area (Å²) in [5.41, 5.74) is 5.44. The molecule has 0 saturated carbocycles. The van der Waals surface area contributed by atoms with Crippen molar-refractivity contribution in [1.29, 1.82) is 0 Å². The van der Waals surface area contributed by atoms with Crippen molar-refractivity contribution in [2.75, 3.05) is 12.8 Å². The number of hydrogen-bond acceptors (Lipinski definition) is 3. The first-order chi connectivity index (χ1) is 5.97. The number of sulfonamides is 1. The van der Waals surface area contributed by atoms with Crippen LogP contribution in [-0.4, -0.2) is 15.5 Å². The molecule has 0 radical (unpaired) electrons. The third-order valence-corrected chi connectivity index (χ3v) is 2.96. The van der Waals surface area contributed by atoms with E-state index in [2.05, 4.69) is 0 Å². The molecule has 0 aliphatic rings. The topological polar surface area (TPSA) is 72.2 Å². The number of halogens is 1. The second-order valence-electron chi connectivity index (χ2n) is 2.40. The van der Waals surface area contributed by atoms with Gasteiger partial charge < -0.3 is 5.73 Å². The molecule has 0 bridgehead atoms. The quantitative estimate of drug-likeness (QED) is 0.681. The van der Waals surface area contributed by atoms with E-state index in [1.54, 1.807) is 0 Å². The average Bonchev–Trinajstić information content (AvgIpc) is 2.03. The molecule has 0 unspecified atom stereocenters. The lowest BCUT2D eigenvalue weighted by Gasteiger charge is -2.03. The first-order valence-corrected chi connectivity index (χ1v) is 4.94. The van der Waals surface area contributed by atoms with Gasteiger partial charge in [0.1, 0.15) is 10.7 Å². The molecule has 0 aliphatic carbocycles. The maximum atomic E-state index is 13.0. The first kappa shape index (κ1) is 9.94. The summed E-state index contributed by atoms with van der Waals surface area (Å²) in [6.45, 7) is 0. The fourth-order valence-corrected chi connectivity index (χ4v) is 1.63. The molecule has 3 N–H and O–H groups in total. The number of benzene rings is 1. The summed E-state index contributed by atoms with van der Waals surface area (Å²) in [6.07, 6.45) is 0. The molecule has 13 heavy (non-hydrogen) atoms. The number of nitrogens with two attached hydrogens (primary N) is 1. The molecule has 0 heterocycles. The molecular formula is C7H9FN2O2S. The summed E-state index contributed by atoms with van der Waals surface area (Å²) in [4.78, 5) is -0.399. The molecule has 0 fully saturated rings. The molecular weight excluding hydrogens is 195 g/mol. The van der Waals surface area contributed by atoms with Crippen LogP contribution < -0.4 is 10.5 Å². The van der Waals surface area contributed by atoms with Crippen molar-refractivity contribution in [2.45, 2.75) is 4.90 Å². The number of nitrogens with one attached hydrogen (secondary N) is 1. The van der Waals surface area contributed by atoms with Crippen LogP contribution in [0.15, 0.2) is 23.1 Å². The maximum Gasteiger partial charge on any atom is 0.243 e. The van der Waals surface area contributed by atoms with E-state index in [0.717, 1.165) is 12.1 Å². The van der Waals surface area contributed by atoms with Gasteiger partial charge in [0.25, 0.3) is 0 Å². The molecule has 6 heteroatoms. The van der Waals surface area contributed by atoms with Gasteiger partial charge in [0.2, 0.25) is 10.0 Å². The molecule has 0 aromatic heterocycles. The van der Waals surface area contributed by atoms with Gasteiger partial charge in [-0.05, 0) is 25.2 Å². The van der Waals surface area contributed by atoms with Crippen LogP contribution in [0.3, 0.4) is 0 Å². The first-order valence-electron chi connectivity index (χ1n) is 3.46. The van der Waals surface area contributed by atoms with Crippen LogP contribution >= 0.6 is 0 Å². The van der Waals surface area contributed by atoms with Crippen molar-refractivity contribution in [1.82, 2.24) is 4.72 Å². The van der Waals surface area contributed by atoms with Gasteiger partial charge >= 0.3 is 0 Å². The minimum atomic E-state index is -3.73. The van der Waals surface area contributed by atoms with E-state index in [1.165, 1.54) is 13.1 Å². The van der Waals surface area contributed by atoms with Crippen LogP contribution in [0.5, 0.6) is 0 Å². The van der Waals surface area contributed by atoms with Crippen molar-refractivity contribution >= 4 is 15.7 Å². The van der Waals surface area contributed by atoms with Gasteiger partial charge in [0.05, 0.1) is 0 Å². The lowest BCUT2D eigenvalue weighted by molar-refractivity contribution is 0.562. The fourth-order valence-electron chi connectivity index (χ4n) is 0.845. The summed E-state index contributed by atoms with van der Waals surface area (Å²) in [6, 6.07) is 3.41. The zero-order chi connectivity index (χ0) is 10.1. The molecule has 1 aromatic rings. The Hall–Kier alpha value is -1.14. The molecule has 1 aromatic carbocycles. The minimum Gasteiger partial charge on any atom is -0.399 e. The van der Waals surface area contributed by atoms with Gasteiger partial charge in [-0.25, -0.2) is 17.5 Å². The van der Waals surface area contributed by atoms with E-state index >= 15 is 0 Å². The molecule has 1 rings (SSSR count). The summed E-state index contributed by atoms with van der Waals surface area (Å²) >= 11 is 0. The zero-order valence-corrected chi connectivity index (χ0v) is 7.73. The fraction of sp³-hybridized carbons (Fsp3) is 0.143. The Morgan fingerprint density at radius 3 is 2.54 bits per heavy atom. The largest absolute Gasteiger partial charge is 0.399 e. The minimum absolute atomic E-state index is 0.188. The Kier molecular flexibility index (Phi) is 2.53. The van der Waals surface area contributed by atoms with E-state index in [1.807, 2.05) is 4.72 Å². The van der Waals surface area contributed by atoms with E-state index in [-0.39, 0.29) is 5.69 Å². The molecule has 0 spiro atoms. The third-order valence-electron chi connectivity index (χ3n) is 1.51. The van der Waals surface area contributed by atoms with Crippen LogP contribution in [0.25, 0.3) is 0 Å². The Labute approximate surface area is 75.6 Å². The van der Waals surface area contributed by atoms with Crippen LogP contribution in [0, 0.1) is 5.82 Å². The van der Waals surface area contributed by atoms with Crippen molar-refractivity contribution < 1.29 is 12.8 Å². The van der Waals surface area contributed by atoms with E-state index < -0.39 is 20.7 Å².